The minimum atomic E-state index is 0.527. The minimum Gasteiger partial charge on any atom is -0.327 e. The third-order valence-corrected chi connectivity index (χ3v) is 3.90. The second kappa shape index (κ2) is 3.37. The van der Waals surface area contributed by atoms with Crippen LogP contribution in [-0.4, -0.2) is 6.04 Å². The Morgan fingerprint density at radius 3 is 2.67 bits per heavy atom. The van der Waals surface area contributed by atoms with E-state index in [-0.39, 0.29) is 0 Å². The van der Waals surface area contributed by atoms with Gasteiger partial charge >= 0.3 is 0 Å². The Bertz CT molecular complexity index is 155. The summed E-state index contributed by atoms with van der Waals surface area (Å²) >= 11 is 0. The zero-order valence-electron chi connectivity index (χ0n) is 8.13. The Morgan fingerprint density at radius 1 is 1.08 bits per heavy atom. The molecular weight excluding hydrogens is 146 g/mol. The molecule has 1 heteroatoms. The lowest BCUT2D eigenvalue weighted by Gasteiger charge is -2.42. The highest BCUT2D eigenvalue weighted by atomic mass is 14.7. The van der Waals surface area contributed by atoms with Gasteiger partial charge in [0.05, 0.1) is 0 Å². The molecule has 2 saturated carbocycles. The number of fused-ring (bicyclic) bond motifs is 1. The van der Waals surface area contributed by atoms with Gasteiger partial charge in [-0.1, -0.05) is 26.2 Å². The van der Waals surface area contributed by atoms with Gasteiger partial charge in [-0.3, -0.25) is 0 Å². The fourth-order valence-electron chi connectivity index (χ4n) is 3.35. The topological polar surface area (TPSA) is 26.0 Å². The van der Waals surface area contributed by atoms with Crippen LogP contribution in [0.15, 0.2) is 0 Å². The fourth-order valence-corrected chi connectivity index (χ4v) is 3.35. The first-order valence-corrected chi connectivity index (χ1v) is 5.53. The first-order valence-electron chi connectivity index (χ1n) is 5.53. The molecule has 0 amide bonds. The van der Waals surface area contributed by atoms with Crippen LogP contribution in [0.4, 0.5) is 0 Å². The molecule has 0 spiro atoms. The zero-order valence-corrected chi connectivity index (χ0v) is 8.13. The van der Waals surface area contributed by atoms with Gasteiger partial charge in [-0.2, -0.15) is 0 Å². The van der Waals surface area contributed by atoms with E-state index < -0.39 is 0 Å². The molecule has 2 fully saturated rings. The lowest BCUT2D eigenvalue weighted by Crippen LogP contribution is -2.42. The van der Waals surface area contributed by atoms with Crippen LogP contribution in [0.5, 0.6) is 0 Å². The van der Waals surface area contributed by atoms with Crippen molar-refractivity contribution in [3.05, 3.63) is 0 Å². The normalized spacial score (nSPS) is 48.5. The summed E-state index contributed by atoms with van der Waals surface area (Å²) in [7, 11) is 0. The maximum atomic E-state index is 6.18. The zero-order chi connectivity index (χ0) is 8.55. The van der Waals surface area contributed by atoms with Crippen molar-refractivity contribution in [1.82, 2.24) is 0 Å². The van der Waals surface area contributed by atoms with Crippen LogP contribution in [0.2, 0.25) is 0 Å². The molecule has 2 aliphatic carbocycles. The van der Waals surface area contributed by atoms with Gasteiger partial charge in [0.15, 0.2) is 0 Å². The fraction of sp³-hybridized carbons (Fsp3) is 1.00. The van der Waals surface area contributed by atoms with E-state index in [9.17, 15) is 0 Å². The maximum Gasteiger partial charge on any atom is 0.00723 e. The molecule has 0 saturated heterocycles. The highest BCUT2D eigenvalue weighted by molar-refractivity contribution is 4.89. The molecule has 12 heavy (non-hydrogen) atoms. The van der Waals surface area contributed by atoms with Crippen molar-refractivity contribution >= 4 is 0 Å². The summed E-state index contributed by atoms with van der Waals surface area (Å²) < 4.78 is 0. The van der Waals surface area contributed by atoms with Crippen LogP contribution in [0.1, 0.15) is 45.4 Å². The van der Waals surface area contributed by atoms with E-state index in [2.05, 4.69) is 6.92 Å². The summed E-state index contributed by atoms with van der Waals surface area (Å²) in [5.74, 6) is 2.76. The molecular formula is C11H21N. The van der Waals surface area contributed by atoms with Gasteiger partial charge in [0.1, 0.15) is 0 Å². The molecule has 0 heterocycles. The van der Waals surface area contributed by atoms with Crippen molar-refractivity contribution in [3.63, 3.8) is 0 Å². The van der Waals surface area contributed by atoms with Gasteiger partial charge in [0.25, 0.3) is 0 Å². The largest absolute Gasteiger partial charge is 0.327 e. The summed E-state index contributed by atoms with van der Waals surface area (Å²) in [6, 6.07) is 0.527. The van der Waals surface area contributed by atoms with Crippen molar-refractivity contribution in [2.75, 3.05) is 0 Å². The molecule has 4 unspecified atom stereocenters. The highest BCUT2D eigenvalue weighted by Gasteiger charge is 2.35. The van der Waals surface area contributed by atoms with Crippen molar-refractivity contribution in [2.45, 2.75) is 51.5 Å². The molecule has 1 nitrogen and oxygen atoms in total. The van der Waals surface area contributed by atoms with Crippen LogP contribution < -0.4 is 5.73 Å². The van der Waals surface area contributed by atoms with Crippen molar-refractivity contribution in [1.29, 1.82) is 0 Å². The first kappa shape index (κ1) is 8.55. The average molecular weight is 167 g/mol. The third kappa shape index (κ3) is 1.52. The van der Waals surface area contributed by atoms with E-state index in [1.165, 1.54) is 38.5 Å². The van der Waals surface area contributed by atoms with E-state index in [0.717, 1.165) is 17.8 Å². The first-order chi connectivity index (χ1) is 5.77. The van der Waals surface area contributed by atoms with Gasteiger partial charge < -0.3 is 5.73 Å². The summed E-state index contributed by atoms with van der Waals surface area (Å²) in [5, 5.41) is 0. The second-order valence-corrected chi connectivity index (χ2v) is 4.95. The minimum absolute atomic E-state index is 0.527. The van der Waals surface area contributed by atoms with Gasteiger partial charge in [0, 0.05) is 6.04 Å². The molecule has 4 atom stereocenters. The molecule has 0 bridgehead atoms. The summed E-state index contributed by atoms with van der Waals surface area (Å²) in [5.41, 5.74) is 6.18. The van der Waals surface area contributed by atoms with Gasteiger partial charge in [-0.05, 0) is 37.0 Å². The van der Waals surface area contributed by atoms with Crippen molar-refractivity contribution in [2.24, 2.45) is 23.5 Å². The number of nitrogens with two attached hydrogens (primary N) is 1. The van der Waals surface area contributed by atoms with E-state index in [0.29, 0.717) is 6.04 Å². The Hall–Kier alpha value is -0.0400. The molecule has 2 aliphatic rings. The predicted octanol–water partition coefficient (Wildman–Crippen LogP) is 2.55. The SMILES string of the molecule is CC1CC(N)C2CCCCC2C1. The smallest absolute Gasteiger partial charge is 0.00723 e. The molecule has 0 aromatic rings. The van der Waals surface area contributed by atoms with Gasteiger partial charge in [0.2, 0.25) is 0 Å². The van der Waals surface area contributed by atoms with Crippen LogP contribution in [0, 0.1) is 17.8 Å². The Labute approximate surface area is 75.7 Å². The lowest BCUT2D eigenvalue weighted by atomic mass is 9.66. The Balaban J connectivity index is 2.01. The summed E-state index contributed by atoms with van der Waals surface area (Å²) in [4.78, 5) is 0. The maximum absolute atomic E-state index is 6.18. The molecule has 0 aromatic heterocycles. The summed E-state index contributed by atoms with van der Waals surface area (Å²) in [6.45, 7) is 2.37. The van der Waals surface area contributed by atoms with Crippen LogP contribution in [0.25, 0.3) is 0 Å². The van der Waals surface area contributed by atoms with E-state index in [4.69, 9.17) is 5.73 Å². The summed E-state index contributed by atoms with van der Waals surface area (Å²) in [6.07, 6.45) is 8.50. The quantitative estimate of drug-likeness (QED) is 0.589. The number of hydrogen-bond donors (Lipinski definition) is 1. The third-order valence-electron chi connectivity index (χ3n) is 3.90. The molecule has 0 aromatic carbocycles. The van der Waals surface area contributed by atoms with Gasteiger partial charge in [-0.25, -0.2) is 0 Å². The molecule has 0 radical (unpaired) electrons. The van der Waals surface area contributed by atoms with Crippen LogP contribution in [0.3, 0.4) is 0 Å². The van der Waals surface area contributed by atoms with E-state index >= 15 is 0 Å². The predicted molar refractivity (Wildman–Crippen MR) is 51.8 cm³/mol. The Morgan fingerprint density at radius 2 is 1.83 bits per heavy atom. The monoisotopic (exact) mass is 167 g/mol. The van der Waals surface area contributed by atoms with Crippen molar-refractivity contribution in [3.8, 4) is 0 Å². The highest BCUT2D eigenvalue weighted by Crippen LogP contribution is 2.41. The van der Waals surface area contributed by atoms with Crippen LogP contribution in [-0.2, 0) is 0 Å². The number of rotatable bonds is 0. The lowest BCUT2D eigenvalue weighted by molar-refractivity contribution is 0.114. The van der Waals surface area contributed by atoms with Gasteiger partial charge in [-0.15, -0.1) is 0 Å². The van der Waals surface area contributed by atoms with E-state index in [1.807, 2.05) is 0 Å². The van der Waals surface area contributed by atoms with E-state index in [1.54, 1.807) is 0 Å². The van der Waals surface area contributed by atoms with Crippen LogP contribution >= 0.6 is 0 Å². The number of hydrogen-bond acceptors (Lipinski definition) is 1. The molecule has 2 rings (SSSR count). The standard InChI is InChI=1S/C11H21N/c1-8-6-9-4-2-3-5-10(9)11(12)7-8/h8-11H,2-7,12H2,1H3. The molecule has 70 valence electrons. The average Bonchev–Trinajstić information content (AvgIpc) is 2.04. The molecule has 2 N–H and O–H groups in total. The molecule has 0 aliphatic heterocycles. The Kier molecular flexibility index (Phi) is 2.40. The second-order valence-electron chi connectivity index (χ2n) is 4.95. The van der Waals surface area contributed by atoms with Crippen molar-refractivity contribution < 1.29 is 0 Å².